The quantitative estimate of drug-likeness (QED) is 0.511. The Labute approximate surface area is 184 Å². The number of nitrogens with zero attached hydrogens (tertiary/aromatic N) is 1. The summed E-state index contributed by atoms with van der Waals surface area (Å²) in [5, 5.41) is 9.15. The fraction of sp³-hybridized carbons (Fsp3) is 0.304. The van der Waals surface area contributed by atoms with Crippen LogP contribution in [0.2, 0.25) is 0 Å². The van der Waals surface area contributed by atoms with Gasteiger partial charge in [-0.25, -0.2) is 4.98 Å². The van der Waals surface area contributed by atoms with E-state index >= 15 is 0 Å². The van der Waals surface area contributed by atoms with Crippen molar-refractivity contribution in [2.45, 2.75) is 31.9 Å². The van der Waals surface area contributed by atoms with Crippen molar-refractivity contribution in [3.63, 3.8) is 0 Å². The molecule has 0 spiro atoms. The summed E-state index contributed by atoms with van der Waals surface area (Å²) < 4.78 is 21.7. The number of ether oxygens (including phenoxy) is 2. The predicted octanol–water partition coefficient (Wildman–Crippen LogP) is 5.17. The van der Waals surface area contributed by atoms with E-state index in [0.29, 0.717) is 35.3 Å². The third-order valence-electron chi connectivity index (χ3n) is 4.87. The molecule has 0 bridgehead atoms. The zero-order valence-corrected chi connectivity index (χ0v) is 18.3. The van der Waals surface area contributed by atoms with Crippen LogP contribution in [-0.2, 0) is 11.2 Å². The monoisotopic (exact) mass is 441 g/mol. The minimum absolute atomic E-state index is 0.222. The number of aliphatic carboxylic acids is 1. The number of aryl methyl sites for hydroxylation is 1. The van der Waals surface area contributed by atoms with Gasteiger partial charge < -0.3 is 23.4 Å². The summed E-state index contributed by atoms with van der Waals surface area (Å²) in [6.45, 7) is 5.48. The average Bonchev–Trinajstić information content (AvgIpc) is 3.45. The molecular formula is C23H23NO6S. The second kappa shape index (κ2) is 8.55. The molecule has 4 rings (SSSR count). The molecule has 3 heterocycles. The Morgan fingerprint density at radius 3 is 2.81 bits per heavy atom. The van der Waals surface area contributed by atoms with Gasteiger partial charge in [-0.3, -0.25) is 4.79 Å². The summed E-state index contributed by atoms with van der Waals surface area (Å²) in [6, 6.07) is 9.38. The summed E-state index contributed by atoms with van der Waals surface area (Å²) in [6.07, 6.45) is 4.26. The molecule has 0 amide bonds. The second-order valence-corrected chi connectivity index (χ2v) is 9.24. The van der Waals surface area contributed by atoms with E-state index in [4.69, 9.17) is 23.4 Å². The lowest BCUT2D eigenvalue weighted by Crippen LogP contribution is -2.27. The molecule has 0 saturated carbocycles. The minimum atomic E-state index is -0.825. The van der Waals surface area contributed by atoms with Gasteiger partial charge in [0, 0.05) is 11.3 Å². The van der Waals surface area contributed by atoms with Gasteiger partial charge in [0.05, 0.1) is 12.1 Å². The molecule has 162 valence electrons. The number of benzene rings is 1. The molecule has 1 N–H and O–H groups in total. The molecule has 0 unspecified atom stereocenters. The highest BCUT2D eigenvalue weighted by molar-refractivity contribution is 8.01. The van der Waals surface area contributed by atoms with Crippen molar-refractivity contribution in [1.29, 1.82) is 0 Å². The highest BCUT2D eigenvalue weighted by Crippen LogP contribution is 2.36. The predicted molar refractivity (Wildman–Crippen MR) is 118 cm³/mol. The Morgan fingerprint density at radius 2 is 2.00 bits per heavy atom. The van der Waals surface area contributed by atoms with Crippen molar-refractivity contribution in [3.8, 4) is 23.0 Å². The van der Waals surface area contributed by atoms with E-state index in [9.17, 15) is 4.79 Å². The number of hydrogen-bond acceptors (Lipinski definition) is 7. The maximum Gasteiger partial charge on any atom is 0.319 e. The van der Waals surface area contributed by atoms with Crippen LogP contribution in [0.3, 0.4) is 0 Å². The van der Waals surface area contributed by atoms with Crippen LogP contribution in [-0.4, -0.2) is 33.4 Å². The fourth-order valence-electron chi connectivity index (χ4n) is 2.97. The maximum atomic E-state index is 11.1. The van der Waals surface area contributed by atoms with Crippen LogP contribution < -0.4 is 9.47 Å². The average molecular weight is 442 g/mol. The van der Waals surface area contributed by atoms with Crippen molar-refractivity contribution in [3.05, 3.63) is 59.4 Å². The molecule has 0 radical (unpaired) electrons. The van der Waals surface area contributed by atoms with Crippen molar-refractivity contribution in [2.24, 2.45) is 0 Å². The molecule has 0 aliphatic carbocycles. The largest absolute Gasteiger partial charge is 0.480 e. The Hall–Kier alpha value is -3.13. The molecule has 31 heavy (non-hydrogen) atoms. The lowest BCUT2D eigenvalue weighted by Gasteiger charge is -2.16. The first-order valence-corrected chi connectivity index (χ1v) is 10.8. The number of carbonyl (C=O) groups is 1. The summed E-state index contributed by atoms with van der Waals surface area (Å²) in [4.78, 5) is 15.8. The van der Waals surface area contributed by atoms with Gasteiger partial charge in [0.15, 0.2) is 11.5 Å². The van der Waals surface area contributed by atoms with E-state index in [-0.39, 0.29) is 6.79 Å². The van der Waals surface area contributed by atoms with Crippen molar-refractivity contribution in [1.82, 2.24) is 4.98 Å². The minimum Gasteiger partial charge on any atom is -0.480 e. The van der Waals surface area contributed by atoms with Gasteiger partial charge >= 0.3 is 5.97 Å². The highest BCUT2D eigenvalue weighted by atomic mass is 32.2. The highest BCUT2D eigenvalue weighted by Gasteiger charge is 2.26. The Kier molecular flexibility index (Phi) is 5.82. The van der Waals surface area contributed by atoms with Gasteiger partial charge in [-0.1, -0.05) is 6.08 Å². The first-order valence-electron chi connectivity index (χ1n) is 9.81. The topological polar surface area (TPSA) is 94.9 Å². The van der Waals surface area contributed by atoms with Gasteiger partial charge in [-0.2, -0.15) is 0 Å². The zero-order chi connectivity index (χ0) is 22.0. The molecule has 3 aromatic rings. The van der Waals surface area contributed by atoms with Gasteiger partial charge in [-0.15, -0.1) is 11.8 Å². The van der Waals surface area contributed by atoms with E-state index in [1.165, 1.54) is 11.8 Å². The van der Waals surface area contributed by atoms with Crippen LogP contribution in [0, 0.1) is 6.92 Å². The van der Waals surface area contributed by atoms with Crippen molar-refractivity contribution < 1.29 is 28.2 Å². The molecule has 0 saturated heterocycles. The number of furan rings is 1. The van der Waals surface area contributed by atoms with Crippen LogP contribution in [0.5, 0.6) is 11.5 Å². The van der Waals surface area contributed by atoms with Gasteiger partial charge in [0.2, 0.25) is 12.7 Å². The van der Waals surface area contributed by atoms with Gasteiger partial charge in [0.25, 0.3) is 0 Å². The van der Waals surface area contributed by atoms with Crippen LogP contribution in [0.15, 0.2) is 45.2 Å². The van der Waals surface area contributed by atoms with Gasteiger partial charge in [0.1, 0.15) is 22.0 Å². The first kappa shape index (κ1) is 21.1. The molecule has 7 nitrogen and oxygen atoms in total. The number of carboxylic acid groups (broad SMARTS) is 1. The summed E-state index contributed by atoms with van der Waals surface area (Å²) in [5.41, 5.74) is 1.62. The number of rotatable bonds is 8. The van der Waals surface area contributed by atoms with Crippen molar-refractivity contribution >= 4 is 23.8 Å². The van der Waals surface area contributed by atoms with Crippen LogP contribution in [0.25, 0.3) is 17.5 Å². The lowest BCUT2D eigenvalue weighted by molar-refractivity contribution is -0.138. The van der Waals surface area contributed by atoms with Crippen LogP contribution in [0.4, 0.5) is 0 Å². The Morgan fingerprint density at radius 1 is 1.19 bits per heavy atom. The summed E-state index contributed by atoms with van der Waals surface area (Å²) >= 11 is 1.36. The Bertz CT molecular complexity index is 1130. The smallest absolute Gasteiger partial charge is 0.319 e. The van der Waals surface area contributed by atoms with E-state index in [1.54, 1.807) is 13.8 Å². The Balaban J connectivity index is 1.40. The number of hydrogen-bond donors (Lipinski definition) is 1. The van der Waals surface area contributed by atoms with Crippen LogP contribution in [0.1, 0.15) is 36.8 Å². The molecule has 1 aromatic carbocycles. The zero-order valence-electron chi connectivity index (χ0n) is 17.5. The van der Waals surface area contributed by atoms with E-state index < -0.39 is 10.7 Å². The van der Waals surface area contributed by atoms with E-state index in [2.05, 4.69) is 4.98 Å². The fourth-order valence-corrected chi connectivity index (χ4v) is 3.70. The third kappa shape index (κ3) is 4.80. The standard InChI is InChI=1S/C23H23NO6S/c1-14-18(24-21(29-14)15-6-9-19-20(11-15)28-13-27-19)12-17-8-7-16(30-17)5-4-10-31-23(2,3)22(25)26/h4-9,11H,10,12-13H2,1-3H3,(H,25,26)/b5-4+. The van der Waals surface area contributed by atoms with Gasteiger partial charge in [-0.05, 0) is 57.2 Å². The van der Waals surface area contributed by atoms with Crippen LogP contribution >= 0.6 is 11.8 Å². The summed E-state index contributed by atoms with van der Waals surface area (Å²) in [7, 11) is 0. The van der Waals surface area contributed by atoms with E-state index in [1.807, 2.05) is 49.4 Å². The second-order valence-electron chi connectivity index (χ2n) is 7.60. The number of aromatic nitrogens is 1. The molecule has 2 aromatic heterocycles. The van der Waals surface area contributed by atoms with E-state index in [0.717, 1.165) is 22.8 Å². The SMILES string of the molecule is Cc1oc(-c2ccc3c(c2)OCO3)nc1Cc1ccc(/C=C/CSC(C)(C)C(=O)O)o1. The maximum absolute atomic E-state index is 11.1. The molecule has 0 atom stereocenters. The number of carboxylic acids is 1. The number of fused-ring (bicyclic) bond motifs is 1. The molecule has 0 fully saturated rings. The normalized spacial score (nSPS) is 13.3. The molecule has 8 heteroatoms. The third-order valence-corrected chi connectivity index (χ3v) is 6.13. The summed E-state index contributed by atoms with van der Waals surface area (Å²) in [5.74, 6) is 3.89. The molecule has 1 aliphatic rings. The molecule has 1 aliphatic heterocycles. The number of thioether (sulfide) groups is 1. The first-order chi connectivity index (χ1) is 14.8. The molecular weight excluding hydrogens is 418 g/mol. The van der Waals surface area contributed by atoms with Crippen molar-refractivity contribution in [2.75, 3.05) is 12.5 Å². The lowest BCUT2D eigenvalue weighted by atomic mass is 10.2. The number of oxazole rings is 1.